The van der Waals surface area contributed by atoms with Crippen LogP contribution in [0.15, 0.2) is 24.3 Å². The molecule has 0 saturated carbocycles. The van der Waals surface area contributed by atoms with Crippen LogP contribution in [0.3, 0.4) is 0 Å². The first kappa shape index (κ1) is 15.7. The Balaban J connectivity index is 0. The normalized spacial score (nSPS) is 10.7. The summed E-state index contributed by atoms with van der Waals surface area (Å²) < 4.78 is 0. The van der Waals surface area contributed by atoms with Crippen molar-refractivity contribution in [2.75, 3.05) is 0 Å². The number of hydrogen-bond donors (Lipinski definition) is 2. The van der Waals surface area contributed by atoms with Gasteiger partial charge in [0.15, 0.2) is 0 Å². The molecule has 0 aliphatic carbocycles. The predicted molar refractivity (Wildman–Crippen MR) is 62.1 cm³/mol. The van der Waals surface area contributed by atoms with Crippen molar-refractivity contribution in [2.24, 2.45) is 11.5 Å². The van der Waals surface area contributed by atoms with Crippen LogP contribution in [0, 0.1) is 0 Å². The molecule has 0 heterocycles. The van der Waals surface area contributed by atoms with Crippen LogP contribution in [0.2, 0.25) is 0 Å². The molecule has 0 unspecified atom stereocenters. The highest BCUT2D eigenvalue weighted by Gasteiger charge is 2.03. The van der Waals surface area contributed by atoms with E-state index in [4.69, 9.17) is 11.5 Å². The van der Waals surface area contributed by atoms with Gasteiger partial charge in [0.05, 0.1) is 0 Å². The van der Waals surface area contributed by atoms with Crippen molar-refractivity contribution in [3.05, 3.63) is 35.4 Å². The summed E-state index contributed by atoms with van der Waals surface area (Å²) >= 11 is 0. The Kier molecular flexibility index (Phi) is 7.45. The Morgan fingerprint density at radius 3 is 2.36 bits per heavy atom. The maximum atomic E-state index is 10.8. The highest BCUT2D eigenvalue weighted by molar-refractivity contribution is 5.92. The van der Waals surface area contributed by atoms with E-state index in [1.165, 1.54) is 0 Å². The maximum absolute atomic E-state index is 10.8. The van der Waals surface area contributed by atoms with Gasteiger partial charge in [-0.3, -0.25) is 4.79 Å². The molecule has 0 aliphatic heterocycles. The molecule has 80 valence electrons. The fraction of sp³-hybridized carbons (Fsp3) is 0.222. The number of halogens is 2. The number of carbonyl (C=O) groups excluding carboxylic acids is 1. The average molecular weight is 237 g/mol. The lowest BCUT2D eigenvalue weighted by atomic mass is 10.1. The molecule has 1 aromatic carbocycles. The zero-order valence-electron chi connectivity index (χ0n) is 7.77. The molecule has 0 fully saturated rings. The first-order valence-corrected chi connectivity index (χ1v) is 3.76. The molecule has 1 aromatic rings. The molecule has 1 rings (SSSR count). The second-order valence-corrected chi connectivity index (χ2v) is 2.78. The fourth-order valence-electron chi connectivity index (χ4n) is 0.975. The van der Waals surface area contributed by atoms with Crippen LogP contribution < -0.4 is 11.5 Å². The quantitative estimate of drug-likeness (QED) is 0.820. The standard InChI is InChI=1S/C9H12N2O.2ClH/c1-6(10)7-3-2-4-8(5-7)9(11)12;;/h2-6H,10H2,1H3,(H2,11,12);2*1H/t6-;;/m0../s1. The van der Waals surface area contributed by atoms with Crippen molar-refractivity contribution in [1.82, 2.24) is 0 Å². The molecule has 3 nitrogen and oxygen atoms in total. The number of amides is 1. The lowest BCUT2D eigenvalue weighted by Gasteiger charge is -2.05. The zero-order valence-corrected chi connectivity index (χ0v) is 9.40. The van der Waals surface area contributed by atoms with E-state index in [-0.39, 0.29) is 30.9 Å². The summed E-state index contributed by atoms with van der Waals surface area (Å²) in [6.07, 6.45) is 0. The topological polar surface area (TPSA) is 69.1 Å². The van der Waals surface area contributed by atoms with E-state index in [0.29, 0.717) is 5.56 Å². The lowest BCUT2D eigenvalue weighted by Crippen LogP contribution is -2.12. The molecule has 5 heteroatoms. The number of carbonyl (C=O) groups is 1. The van der Waals surface area contributed by atoms with Crippen LogP contribution in [-0.4, -0.2) is 5.91 Å². The molecule has 1 atom stereocenters. The second kappa shape index (κ2) is 6.65. The summed E-state index contributed by atoms with van der Waals surface area (Å²) in [6.45, 7) is 1.86. The van der Waals surface area contributed by atoms with Crippen LogP contribution in [0.25, 0.3) is 0 Å². The van der Waals surface area contributed by atoms with Crippen molar-refractivity contribution >= 4 is 30.7 Å². The zero-order chi connectivity index (χ0) is 9.14. The Bertz CT molecular complexity index is 303. The molecule has 0 aliphatic rings. The summed E-state index contributed by atoms with van der Waals surface area (Å²) in [5, 5.41) is 0. The van der Waals surface area contributed by atoms with Gasteiger partial charge in [-0.2, -0.15) is 0 Å². The molecule has 0 aromatic heterocycles. The van der Waals surface area contributed by atoms with Crippen molar-refractivity contribution in [1.29, 1.82) is 0 Å². The van der Waals surface area contributed by atoms with Crippen LogP contribution in [0.5, 0.6) is 0 Å². The molecule has 0 saturated heterocycles. The molecule has 1 amide bonds. The summed E-state index contributed by atoms with van der Waals surface area (Å²) in [7, 11) is 0. The third-order valence-corrected chi connectivity index (χ3v) is 1.70. The average Bonchev–Trinajstić information content (AvgIpc) is 2.04. The van der Waals surface area contributed by atoms with Gasteiger partial charge in [-0.05, 0) is 24.6 Å². The number of rotatable bonds is 2. The van der Waals surface area contributed by atoms with Gasteiger partial charge in [-0.15, -0.1) is 24.8 Å². The van der Waals surface area contributed by atoms with Crippen molar-refractivity contribution in [3.63, 3.8) is 0 Å². The highest BCUT2D eigenvalue weighted by atomic mass is 35.5. The van der Waals surface area contributed by atoms with E-state index < -0.39 is 5.91 Å². The van der Waals surface area contributed by atoms with Gasteiger partial charge in [-0.1, -0.05) is 12.1 Å². The summed E-state index contributed by atoms with van der Waals surface area (Å²) in [5.74, 6) is -0.419. The molecular weight excluding hydrogens is 223 g/mol. The Morgan fingerprint density at radius 2 is 1.93 bits per heavy atom. The molecule has 0 radical (unpaired) electrons. The molecule has 0 spiro atoms. The Labute approximate surface area is 95.7 Å². The number of nitrogens with two attached hydrogens (primary N) is 2. The van der Waals surface area contributed by atoms with E-state index in [1.54, 1.807) is 18.2 Å². The first-order chi connectivity index (χ1) is 5.61. The summed E-state index contributed by atoms with van der Waals surface area (Å²) in [6, 6.07) is 6.97. The van der Waals surface area contributed by atoms with E-state index in [9.17, 15) is 4.79 Å². The molecular formula is C9H14Cl2N2O. The van der Waals surface area contributed by atoms with Crippen LogP contribution in [0.4, 0.5) is 0 Å². The minimum absolute atomic E-state index is 0. The number of hydrogen-bond acceptors (Lipinski definition) is 2. The SMILES string of the molecule is C[C@H](N)c1cccc(C(N)=O)c1.Cl.Cl. The predicted octanol–water partition coefficient (Wildman–Crippen LogP) is 1.65. The van der Waals surface area contributed by atoms with Gasteiger partial charge in [0.2, 0.25) is 5.91 Å². The van der Waals surface area contributed by atoms with Gasteiger partial charge < -0.3 is 11.5 Å². The largest absolute Gasteiger partial charge is 0.366 e. The van der Waals surface area contributed by atoms with Gasteiger partial charge in [0.25, 0.3) is 0 Å². The van der Waals surface area contributed by atoms with Crippen LogP contribution in [0.1, 0.15) is 28.9 Å². The van der Waals surface area contributed by atoms with E-state index in [2.05, 4.69) is 0 Å². The first-order valence-electron chi connectivity index (χ1n) is 3.76. The third-order valence-electron chi connectivity index (χ3n) is 1.70. The summed E-state index contributed by atoms with van der Waals surface area (Å²) in [4.78, 5) is 10.8. The van der Waals surface area contributed by atoms with Crippen LogP contribution >= 0.6 is 24.8 Å². The smallest absolute Gasteiger partial charge is 0.248 e. The molecule has 0 bridgehead atoms. The van der Waals surface area contributed by atoms with Gasteiger partial charge in [0, 0.05) is 11.6 Å². The van der Waals surface area contributed by atoms with Crippen molar-refractivity contribution < 1.29 is 4.79 Å². The monoisotopic (exact) mass is 236 g/mol. The number of benzene rings is 1. The Morgan fingerprint density at radius 1 is 1.36 bits per heavy atom. The number of primary amides is 1. The van der Waals surface area contributed by atoms with Crippen molar-refractivity contribution in [2.45, 2.75) is 13.0 Å². The lowest BCUT2D eigenvalue weighted by molar-refractivity contribution is 0.1000. The minimum atomic E-state index is -0.419. The van der Waals surface area contributed by atoms with Gasteiger partial charge >= 0.3 is 0 Å². The van der Waals surface area contributed by atoms with E-state index in [1.807, 2.05) is 13.0 Å². The molecule has 14 heavy (non-hydrogen) atoms. The Hall–Kier alpha value is -0.770. The highest BCUT2D eigenvalue weighted by Crippen LogP contribution is 2.10. The molecule has 4 N–H and O–H groups in total. The second-order valence-electron chi connectivity index (χ2n) is 2.78. The van der Waals surface area contributed by atoms with Crippen LogP contribution in [-0.2, 0) is 0 Å². The summed E-state index contributed by atoms with van der Waals surface area (Å²) in [5.41, 5.74) is 12.2. The minimum Gasteiger partial charge on any atom is -0.366 e. The van der Waals surface area contributed by atoms with Gasteiger partial charge in [0.1, 0.15) is 0 Å². The van der Waals surface area contributed by atoms with E-state index in [0.717, 1.165) is 5.56 Å². The fourth-order valence-corrected chi connectivity index (χ4v) is 0.975. The third kappa shape index (κ3) is 3.96. The van der Waals surface area contributed by atoms with E-state index >= 15 is 0 Å². The van der Waals surface area contributed by atoms with Crippen molar-refractivity contribution in [3.8, 4) is 0 Å². The maximum Gasteiger partial charge on any atom is 0.248 e. The van der Waals surface area contributed by atoms with Gasteiger partial charge in [-0.25, -0.2) is 0 Å².